The maximum Gasteiger partial charge on any atom is 0.146 e. The minimum Gasteiger partial charge on any atom is -0.456 e. The van der Waals surface area contributed by atoms with Gasteiger partial charge in [-0.3, -0.25) is 0 Å². The number of nitrogens with two attached hydrogens (primary N) is 1. The van der Waals surface area contributed by atoms with Crippen LogP contribution in [0.5, 0.6) is 11.5 Å². The highest BCUT2D eigenvalue weighted by Crippen LogP contribution is 2.30. The van der Waals surface area contributed by atoms with Crippen LogP contribution in [0.25, 0.3) is 0 Å². The van der Waals surface area contributed by atoms with Crippen LogP contribution in [0.1, 0.15) is 18.1 Å². The highest BCUT2D eigenvalue weighted by Gasteiger charge is 2.05. The van der Waals surface area contributed by atoms with Gasteiger partial charge in [0.2, 0.25) is 0 Å². The van der Waals surface area contributed by atoms with Crippen LogP contribution in [0.3, 0.4) is 0 Å². The first-order valence-electron chi connectivity index (χ1n) is 6.33. The summed E-state index contributed by atoms with van der Waals surface area (Å²) in [6, 6.07) is 13.8. The van der Waals surface area contributed by atoms with Crippen molar-refractivity contribution in [1.82, 2.24) is 0 Å². The first-order valence-corrected chi connectivity index (χ1v) is 6.71. The summed E-state index contributed by atoms with van der Waals surface area (Å²) in [7, 11) is 0. The number of halogens is 1. The molecule has 0 aliphatic rings. The minimum atomic E-state index is 0.137. The molecule has 0 amide bonds. The maximum absolute atomic E-state index is 6.16. The molecule has 0 radical (unpaired) electrons. The van der Waals surface area contributed by atoms with E-state index < -0.39 is 0 Å². The summed E-state index contributed by atoms with van der Waals surface area (Å²) in [5, 5.41) is 0.623. The van der Waals surface area contributed by atoms with Gasteiger partial charge in [-0.15, -0.1) is 0 Å². The molecule has 0 aliphatic heterocycles. The smallest absolute Gasteiger partial charge is 0.146 e. The Balaban J connectivity index is 2.18. The van der Waals surface area contributed by atoms with Crippen molar-refractivity contribution >= 4 is 11.6 Å². The monoisotopic (exact) mass is 275 g/mol. The Labute approximate surface area is 119 Å². The van der Waals surface area contributed by atoms with Gasteiger partial charge in [-0.05, 0) is 55.7 Å². The number of hydrogen-bond acceptors (Lipinski definition) is 2. The summed E-state index contributed by atoms with van der Waals surface area (Å²) in [6.07, 6.45) is 0.832. The molecule has 0 spiro atoms. The number of benzene rings is 2. The zero-order valence-corrected chi connectivity index (χ0v) is 11.9. The molecule has 100 valence electrons. The maximum atomic E-state index is 6.16. The molecule has 2 rings (SSSR count). The van der Waals surface area contributed by atoms with Crippen LogP contribution >= 0.6 is 11.6 Å². The van der Waals surface area contributed by atoms with Crippen LogP contribution in [-0.2, 0) is 6.42 Å². The van der Waals surface area contributed by atoms with E-state index in [1.165, 1.54) is 0 Å². The highest BCUT2D eigenvalue weighted by atomic mass is 35.5. The molecule has 0 saturated carbocycles. The SMILES string of the molecule is Cc1ccc(Oc2cccc(CC(C)N)c2)c(Cl)c1. The summed E-state index contributed by atoms with van der Waals surface area (Å²) in [4.78, 5) is 0. The summed E-state index contributed by atoms with van der Waals surface area (Å²) in [6.45, 7) is 3.99. The lowest BCUT2D eigenvalue weighted by Gasteiger charge is -2.10. The molecule has 2 aromatic rings. The zero-order valence-electron chi connectivity index (χ0n) is 11.2. The predicted molar refractivity (Wildman–Crippen MR) is 80.1 cm³/mol. The molecule has 3 heteroatoms. The molecule has 2 aromatic carbocycles. The van der Waals surface area contributed by atoms with Gasteiger partial charge in [0.15, 0.2) is 0 Å². The average Bonchev–Trinajstić information content (AvgIpc) is 2.32. The number of rotatable bonds is 4. The van der Waals surface area contributed by atoms with Gasteiger partial charge < -0.3 is 10.5 Å². The van der Waals surface area contributed by atoms with Crippen LogP contribution in [0.2, 0.25) is 5.02 Å². The number of ether oxygens (including phenoxy) is 1. The highest BCUT2D eigenvalue weighted by molar-refractivity contribution is 6.32. The lowest BCUT2D eigenvalue weighted by atomic mass is 10.1. The van der Waals surface area contributed by atoms with Crippen molar-refractivity contribution in [2.24, 2.45) is 5.73 Å². The summed E-state index contributed by atoms with van der Waals surface area (Å²) in [5.74, 6) is 1.45. The molecule has 0 heterocycles. The Morgan fingerprint density at radius 1 is 1.21 bits per heavy atom. The van der Waals surface area contributed by atoms with Gasteiger partial charge in [0.05, 0.1) is 5.02 Å². The second kappa shape index (κ2) is 6.09. The Hall–Kier alpha value is -1.51. The van der Waals surface area contributed by atoms with E-state index in [-0.39, 0.29) is 6.04 Å². The van der Waals surface area contributed by atoms with Crippen molar-refractivity contribution in [2.45, 2.75) is 26.3 Å². The first-order chi connectivity index (χ1) is 9.04. The van der Waals surface area contributed by atoms with E-state index in [0.29, 0.717) is 10.8 Å². The van der Waals surface area contributed by atoms with Crippen molar-refractivity contribution < 1.29 is 4.74 Å². The van der Waals surface area contributed by atoms with E-state index in [2.05, 4.69) is 0 Å². The van der Waals surface area contributed by atoms with Crippen molar-refractivity contribution in [2.75, 3.05) is 0 Å². The fourth-order valence-electron chi connectivity index (χ4n) is 1.92. The first kappa shape index (κ1) is 13.9. The van der Waals surface area contributed by atoms with E-state index in [9.17, 15) is 0 Å². The summed E-state index contributed by atoms with van der Waals surface area (Å²) >= 11 is 6.16. The van der Waals surface area contributed by atoms with Gasteiger partial charge in [-0.25, -0.2) is 0 Å². The van der Waals surface area contributed by atoms with Crippen LogP contribution in [0.4, 0.5) is 0 Å². The van der Waals surface area contributed by atoms with Gasteiger partial charge in [0.1, 0.15) is 11.5 Å². The third-order valence-electron chi connectivity index (χ3n) is 2.77. The molecular formula is C16H18ClNO. The number of aryl methyl sites for hydroxylation is 1. The molecule has 0 fully saturated rings. The molecule has 0 bridgehead atoms. The molecular weight excluding hydrogens is 258 g/mol. The second-order valence-electron chi connectivity index (χ2n) is 4.86. The molecule has 2 N–H and O–H groups in total. The standard InChI is InChI=1S/C16H18ClNO/c1-11-6-7-16(15(17)8-11)19-14-5-3-4-13(10-14)9-12(2)18/h3-8,10,12H,9,18H2,1-2H3. The van der Waals surface area contributed by atoms with Crippen LogP contribution in [0, 0.1) is 6.92 Å². The Bertz CT molecular complexity index is 566. The topological polar surface area (TPSA) is 35.2 Å². The van der Waals surface area contributed by atoms with E-state index >= 15 is 0 Å². The molecule has 19 heavy (non-hydrogen) atoms. The van der Waals surface area contributed by atoms with E-state index in [1.807, 2.05) is 56.3 Å². The van der Waals surface area contributed by atoms with Gasteiger partial charge >= 0.3 is 0 Å². The van der Waals surface area contributed by atoms with E-state index in [4.69, 9.17) is 22.1 Å². The van der Waals surface area contributed by atoms with Crippen LogP contribution in [-0.4, -0.2) is 6.04 Å². The van der Waals surface area contributed by atoms with Gasteiger partial charge in [0, 0.05) is 6.04 Å². The molecule has 1 unspecified atom stereocenters. The Morgan fingerprint density at radius 3 is 2.68 bits per heavy atom. The van der Waals surface area contributed by atoms with E-state index in [1.54, 1.807) is 0 Å². The quantitative estimate of drug-likeness (QED) is 0.901. The van der Waals surface area contributed by atoms with Gasteiger partial charge in [-0.1, -0.05) is 29.8 Å². The predicted octanol–water partition coefficient (Wildman–Crippen LogP) is 4.33. The summed E-state index contributed by atoms with van der Waals surface area (Å²) < 4.78 is 5.81. The van der Waals surface area contributed by atoms with Gasteiger partial charge in [0.25, 0.3) is 0 Å². The van der Waals surface area contributed by atoms with E-state index in [0.717, 1.165) is 23.3 Å². The van der Waals surface area contributed by atoms with Crippen molar-refractivity contribution in [1.29, 1.82) is 0 Å². The van der Waals surface area contributed by atoms with Gasteiger partial charge in [-0.2, -0.15) is 0 Å². The Kier molecular flexibility index (Phi) is 4.46. The zero-order chi connectivity index (χ0) is 13.8. The minimum absolute atomic E-state index is 0.137. The van der Waals surface area contributed by atoms with Crippen molar-refractivity contribution in [3.8, 4) is 11.5 Å². The van der Waals surface area contributed by atoms with Crippen molar-refractivity contribution in [3.05, 3.63) is 58.6 Å². The molecule has 0 saturated heterocycles. The Morgan fingerprint density at radius 2 is 2.00 bits per heavy atom. The fourth-order valence-corrected chi connectivity index (χ4v) is 2.20. The second-order valence-corrected chi connectivity index (χ2v) is 5.27. The lowest BCUT2D eigenvalue weighted by Crippen LogP contribution is -2.17. The van der Waals surface area contributed by atoms with Crippen LogP contribution < -0.4 is 10.5 Å². The van der Waals surface area contributed by atoms with Crippen molar-refractivity contribution in [3.63, 3.8) is 0 Å². The molecule has 1 atom stereocenters. The normalized spacial score (nSPS) is 12.2. The largest absolute Gasteiger partial charge is 0.456 e. The number of hydrogen-bond donors (Lipinski definition) is 1. The average molecular weight is 276 g/mol. The lowest BCUT2D eigenvalue weighted by molar-refractivity contribution is 0.482. The third kappa shape index (κ3) is 3.98. The molecule has 0 aromatic heterocycles. The third-order valence-corrected chi connectivity index (χ3v) is 3.07. The van der Waals surface area contributed by atoms with Crippen LogP contribution in [0.15, 0.2) is 42.5 Å². The molecule has 0 aliphatic carbocycles. The molecule has 2 nitrogen and oxygen atoms in total. The summed E-state index contributed by atoms with van der Waals surface area (Å²) in [5.41, 5.74) is 8.08. The fraction of sp³-hybridized carbons (Fsp3) is 0.250.